The Morgan fingerprint density at radius 1 is 1.50 bits per heavy atom. The van der Waals surface area contributed by atoms with Gasteiger partial charge in [0.15, 0.2) is 0 Å². The van der Waals surface area contributed by atoms with Crippen molar-refractivity contribution in [1.82, 2.24) is 10.2 Å². The van der Waals surface area contributed by atoms with Crippen LogP contribution in [0, 0.1) is 12.8 Å². The van der Waals surface area contributed by atoms with Gasteiger partial charge in [0, 0.05) is 23.7 Å². The summed E-state index contributed by atoms with van der Waals surface area (Å²) in [7, 11) is 0. The first-order chi connectivity index (χ1) is 9.61. The van der Waals surface area contributed by atoms with Gasteiger partial charge in [-0.15, -0.1) is 0 Å². The SMILES string of the molecule is CCN(CC1CCCNC1)C(=O)c1ccc(Cl)cc1C. The average Bonchev–Trinajstić information content (AvgIpc) is 2.45. The van der Waals surface area contributed by atoms with Crippen LogP contribution in [0.3, 0.4) is 0 Å². The van der Waals surface area contributed by atoms with Crippen molar-refractivity contribution in [2.75, 3.05) is 26.2 Å². The predicted octanol–water partition coefficient (Wildman–Crippen LogP) is 3.11. The van der Waals surface area contributed by atoms with Crippen LogP contribution >= 0.6 is 11.6 Å². The van der Waals surface area contributed by atoms with Crippen molar-refractivity contribution in [2.45, 2.75) is 26.7 Å². The number of carbonyl (C=O) groups excluding carboxylic acids is 1. The summed E-state index contributed by atoms with van der Waals surface area (Å²) in [6.45, 7) is 7.69. The quantitative estimate of drug-likeness (QED) is 0.925. The first-order valence-corrected chi connectivity index (χ1v) is 7.75. The van der Waals surface area contributed by atoms with Gasteiger partial charge in [0.1, 0.15) is 0 Å². The number of benzene rings is 1. The van der Waals surface area contributed by atoms with E-state index >= 15 is 0 Å². The van der Waals surface area contributed by atoms with Crippen molar-refractivity contribution in [3.8, 4) is 0 Å². The Morgan fingerprint density at radius 3 is 2.90 bits per heavy atom. The fourth-order valence-electron chi connectivity index (χ4n) is 2.78. The number of amides is 1. The molecular formula is C16H23ClN2O. The topological polar surface area (TPSA) is 32.3 Å². The van der Waals surface area contributed by atoms with Crippen LogP contribution in [0.15, 0.2) is 18.2 Å². The number of nitrogens with one attached hydrogen (secondary N) is 1. The lowest BCUT2D eigenvalue weighted by Crippen LogP contribution is -2.41. The van der Waals surface area contributed by atoms with E-state index in [1.165, 1.54) is 12.8 Å². The summed E-state index contributed by atoms with van der Waals surface area (Å²) in [6, 6.07) is 5.48. The van der Waals surface area contributed by atoms with Crippen LogP contribution in [0.25, 0.3) is 0 Å². The maximum absolute atomic E-state index is 12.6. The molecule has 0 saturated carbocycles. The second-order valence-corrected chi connectivity index (χ2v) is 5.95. The minimum atomic E-state index is 0.118. The van der Waals surface area contributed by atoms with Gasteiger partial charge in [0.25, 0.3) is 5.91 Å². The van der Waals surface area contributed by atoms with Gasteiger partial charge in [-0.2, -0.15) is 0 Å². The first-order valence-electron chi connectivity index (χ1n) is 7.38. The summed E-state index contributed by atoms with van der Waals surface area (Å²) in [5.41, 5.74) is 1.71. The van der Waals surface area contributed by atoms with Crippen LogP contribution in [0.4, 0.5) is 0 Å². The Hall–Kier alpha value is -1.06. The molecule has 0 bridgehead atoms. The van der Waals surface area contributed by atoms with E-state index in [1.54, 1.807) is 6.07 Å². The molecule has 1 aromatic rings. The molecule has 0 aliphatic carbocycles. The van der Waals surface area contributed by atoms with E-state index in [-0.39, 0.29) is 5.91 Å². The molecule has 1 saturated heterocycles. The van der Waals surface area contributed by atoms with Crippen LogP contribution < -0.4 is 5.32 Å². The second-order valence-electron chi connectivity index (χ2n) is 5.52. The van der Waals surface area contributed by atoms with Gasteiger partial charge in [0.05, 0.1) is 0 Å². The maximum atomic E-state index is 12.6. The standard InChI is InChI=1S/C16H23ClN2O/c1-3-19(11-13-5-4-8-18-10-13)16(20)15-7-6-14(17)9-12(15)2/h6-7,9,13,18H,3-5,8,10-11H2,1-2H3. The fraction of sp³-hybridized carbons (Fsp3) is 0.562. The number of carbonyl (C=O) groups is 1. The Balaban J connectivity index is 2.07. The van der Waals surface area contributed by atoms with Crippen molar-refractivity contribution in [2.24, 2.45) is 5.92 Å². The van der Waals surface area contributed by atoms with Gasteiger partial charge in [-0.3, -0.25) is 4.79 Å². The summed E-state index contributed by atoms with van der Waals surface area (Å²) in [6.07, 6.45) is 2.41. The molecule has 0 spiro atoms. The summed E-state index contributed by atoms with van der Waals surface area (Å²) >= 11 is 5.96. The van der Waals surface area contributed by atoms with Crippen molar-refractivity contribution < 1.29 is 4.79 Å². The highest BCUT2D eigenvalue weighted by Gasteiger charge is 2.21. The van der Waals surface area contributed by atoms with Gasteiger partial charge in [-0.05, 0) is 69.5 Å². The third-order valence-electron chi connectivity index (χ3n) is 3.97. The molecule has 1 atom stereocenters. The predicted molar refractivity (Wildman–Crippen MR) is 83.4 cm³/mol. The van der Waals surface area contributed by atoms with Crippen LogP contribution in [-0.4, -0.2) is 37.0 Å². The van der Waals surface area contributed by atoms with E-state index in [1.807, 2.05) is 30.9 Å². The number of piperidine rings is 1. The summed E-state index contributed by atoms with van der Waals surface area (Å²) in [4.78, 5) is 14.6. The van der Waals surface area contributed by atoms with Crippen LogP contribution in [0.5, 0.6) is 0 Å². The van der Waals surface area contributed by atoms with Gasteiger partial charge in [-0.1, -0.05) is 11.6 Å². The smallest absolute Gasteiger partial charge is 0.254 e. The minimum absolute atomic E-state index is 0.118. The molecule has 20 heavy (non-hydrogen) atoms. The third-order valence-corrected chi connectivity index (χ3v) is 4.20. The number of hydrogen-bond donors (Lipinski definition) is 1. The molecule has 1 aliphatic rings. The van der Waals surface area contributed by atoms with Crippen LogP contribution in [-0.2, 0) is 0 Å². The lowest BCUT2D eigenvalue weighted by molar-refractivity contribution is 0.0728. The van der Waals surface area contributed by atoms with E-state index < -0.39 is 0 Å². The molecule has 1 unspecified atom stereocenters. The van der Waals surface area contributed by atoms with E-state index in [2.05, 4.69) is 5.32 Å². The Labute approximate surface area is 126 Å². The van der Waals surface area contributed by atoms with E-state index in [9.17, 15) is 4.79 Å². The van der Waals surface area contributed by atoms with Gasteiger partial charge < -0.3 is 10.2 Å². The number of hydrogen-bond acceptors (Lipinski definition) is 2. The average molecular weight is 295 g/mol. The Morgan fingerprint density at radius 2 is 2.30 bits per heavy atom. The third kappa shape index (κ3) is 3.74. The lowest BCUT2D eigenvalue weighted by atomic mass is 9.98. The highest BCUT2D eigenvalue weighted by atomic mass is 35.5. The number of rotatable bonds is 4. The summed E-state index contributed by atoms with van der Waals surface area (Å²) in [5, 5.41) is 4.09. The number of nitrogens with zero attached hydrogens (tertiary/aromatic N) is 1. The van der Waals surface area contributed by atoms with Crippen LogP contribution in [0.1, 0.15) is 35.7 Å². The lowest BCUT2D eigenvalue weighted by Gasteiger charge is -2.30. The zero-order chi connectivity index (χ0) is 14.5. The monoisotopic (exact) mass is 294 g/mol. The van der Waals surface area contributed by atoms with Crippen molar-refractivity contribution in [3.05, 3.63) is 34.3 Å². The molecule has 1 aromatic carbocycles. The van der Waals surface area contributed by atoms with Crippen molar-refractivity contribution in [1.29, 1.82) is 0 Å². The highest BCUT2D eigenvalue weighted by molar-refractivity contribution is 6.30. The molecule has 1 N–H and O–H groups in total. The number of aryl methyl sites for hydroxylation is 1. The molecule has 4 heteroatoms. The second kappa shape index (κ2) is 7.09. The van der Waals surface area contributed by atoms with Crippen LogP contribution in [0.2, 0.25) is 5.02 Å². The van der Waals surface area contributed by atoms with E-state index in [4.69, 9.17) is 11.6 Å². The molecule has 1 fully saturated rings. The largest absolute Gasteiger partial charge is 0.339 e. The Bertz CT molecular complexity index is 470. The van der Waals surface area contributed by atoms with Gasteiger partial charge in [-0.25, -0.2) is 0 Å². The van der Waals surface area contributed by atoms with Crippen molar-refractivity contribution >= 4 is 17.5 Å². The normalized spacial score (nSPS) is 18.9. The molecule has 1 amide bonds. The maximum Gasteiger partial charge on any atom is 0.254 e. The molecule has 110 valence electrons. The Kier molecular flexibility index (Phi) is 5.44. The summed E-state index contributed by atoms with van der Waals surface area (Å²) < 4.78 is 0. The number of halogens is 1. The molecule has 0 radical (unpaired) electrons. The molecule has 1 heterocycles. The zero-order valence-corrected chi connectivity index (χ0v) is 13.0. The molecular weight excluding hydrogens is 272 g/mol. The highest BCUT2D eigenvalue weighted by Crippen LogP contribution is 2.19. The first kappa shape index (κ1) is 15.3. The van der Waals surface area contributed by atoms with Gasteiger partial charge in [0.2, 0.25) is 0 Å². The molecule has 1 aliphatic heterocycles. The van der Waals surface area contributed by atoms with E-state index in [0.717, 1.165) is 37.3 Å². The van der Waals surface area contributed by atoms with Gasteiger partial charge >= 0.3 is 0 Å². The molecule has 2 rings (SSSR count). The molecule has 0 aromatic heterocycles. The van der Waals surface area contributed by atoms with Crippen molar-refractivity contribution in [3.63, 3.8) is 0 Å². The fourth-order valence-corrected chi connectivity index (χ4v) is 3.01. The minimum Gasteiger partial charge on any atom is -0.339 e. The molecule has 3 nitrogen and oxygen atoms in total. The van der Waals surface area contributed by atoms with E-state index in [0.29, 0.717) is 10.9 Å². The zero-order valence-electron chi connectivity index (χ0n) is 12.3. The summed E-state index contributed by atoms with van der Waals surface area (Å²) in [5.74, 6) is 0.687.